The third kappa shape index (κ3) is 3.88. The Labute approximate surface area is 137 Å². The van der Waals surface area contributed by atoms with Gasteiger partial charge in [0.15, 0.2) is 0 Å². The predicted octanol–water partition coefficient (Wildman–Crippen LogP) is 2.31. The standard InChI is InChI=1S/C17H25N5O/c1-5-21(6-2)16-15(8-7-9-19-16)12-20-17(23)13(3)22-11-10-18-14(22)4/h7-11,13H,5-6,12H2,1-4H3,(H,20,23)/t13-/m1/s1. The third-order valence-electron chi connectivity index (χ3n) is 4.04. The van der Waals surface area contributed by atoms with Crippen LogP contribution in [0.25, 0.3) is 0 Å². The van der Waals surface area contributed by atoms with Crippen LogP contribution in [0.5, 0.6) is 0 Å². The maximum Gasteiger partial charge on any atom is 0.243 e. The maximum atomic E-state index is 12.4. The summed E-state index contributed by atoms with van der Waals surface area (Å²) in [6.45, 7) is 10.2. The van der Waals surface area contributed by atoms with Crippen molar-refractivity contribution in [3.8, 4) is 0 Å². The van der Waals surface area contributed by atoms with Gasteiger partial charge in [-0.1, -0.05) is 6.07 Å². The number of anilines is 1. The minimum atomic E-state index is -0.286. The zero-order valence-electron chi connectivity index (χ0n) is 14.3. The van der Waals surface area contributed by atoms with Gasteiger partial charge in [-0.3, -0.25) is 4.79 Å². The second kappa shape index (κ2) is 7.76. The molecule has 2 aromatic rings. The van der Waals surface area contributed by atoms with E-state index in [2.05, 4.69) is 34.0 Å². The van der Waals surface area contributed by atoms with Gasteiger partial charge in [-0.15, -0.1) is 0 Å². The van der Waals surface area contributed by atoms with Crippen LogP contribution in [0.15, 0.2) is 30.7 Å². The summed E-state index contributed by atoms with van der Waals surface area (Å²) in [5, 5.41) is 3.00. The van der Waals surface area contributed by atoms with E-state index in [0.29, 0.717) is 6.54 Å². The van der Waals surface area contributed by atoms with Crippen molar-refractivity contribution >= 4 is 11.7 Å². The molecule has 0 aliphatic rings. The van der Waals surface area contributed by atoms with Crippen LogP contribution < -0.4 is 10.2 Å². The van der Waals surface area contributed by atoms with Crippen molar-refractivity contribution in [1.82, 2.24) is 19.9 Å². The highest BCUT2D eigenvalue weighted by Gasteiger charge is 2.17. The van der Waals surface area contributed by atoms with Crippen LogP contribution >= 0.6 is 0 Å². The lowest BCUT2D eigenvalue weighted by atomic mass is 10.2. The Kier molecular flexibility index (Phi) is 5.73. The van der Waals surface area contributed by atoms with Crippen molar-refractivity contribution in [2.75, 3.05) is 18.0 Å². The molecule has 0 unspecified atom stereocenters. The van der Waals surface area contributed by atoms with Crippen LogP contribution in [-0.4, -0.2) is 33.5 Å². The molecule has 0 radical (unpaired) electrons. The van der Waals surface area contributed by atoms with E-state index < -0.39 is 0 Å². The number of imidazole rings is 1. The smallest absolute Gasteiger partial charge is 0.243 e. The highest BCUT2D eigenvalue weighted by molar-refractivity contribution is 5.80. The molecule has 0 aliphatic heterocycles. The number of aryl methyl sites for hydroxylation is 1. The molecule has 0 saturated carbocycles. The van der Waals surface area contributed by atoms with Crippen LogP contribution in [0, 0.1) is 6.92 Å². The predicted molar refractivity (Wildman–Crippen MR) is 91.3 cm³/mol. The summed E-state index contributed by atoms with van der Waals surface area (Å²) in [6, 6.07) is 3.62. The summed E-state index contributed by atoms with van der Waals surface area (Å²) in [4.78, 5) is 23.2. The number of carbonyl (C=O) groups excluding carboxylic acids is 1. The molecule has 6 heteroatoms. The van der Waals surface area contributed by atoms with Gasteiger partial charge in [-0.2, -0.15) is 0 Å². The Morgan fingerprint density at radius 2 is 2.04 bits per heavy atom. The minimum Gasteiger partial charge on any atom is -0.357 e. The monoisotopic (exact) mass is 315 g/mol. The summed E-state index contributed by atoms with van der Waals surface area (Å²) in [6.07, 6.45) is 5.32. The number of hydrogen-bond acceptors (Lipinski definition) is 4. The van der Waals surface area contributed by atoms with Gasteiger partial charge in [0, 0.05) is 43.8 Å². The molecule has 0 spiro atoms. The molecule has 0 bridgehead atoms. The molecule has 124 valence electrons. The van der Waals surface area contributed by atoms with Crippen molar-refractivity contribution in [3.63, 3.8) is 0 Å². The van der Waals surface area contributed by atoms with Gasteiger partial charge in [0.25, 0.3) is 0 Å². The Morgan fingerprint density at radius 1 is 1.30 bits per heavy atom. The molecule has 2 heterocycles. The largest absolute Gasteiger partial charge is 0.357 e. The van der Waals surface area contributed by atoms with E-state index in [-0.39, 0.29) is 11.9 Å². The number of carbonyl (C=O) groups is 1. The SMILES string of the molecule is CCN(CC)c1ncccc1CNC(=O)[C@@H](C)n1ccnc1C. The Balaban J connectivity index is 2.06. The summed E-state index contributed by atoms with van der Waals surface area (Å²) < 4.78 is 1.86. The Bertz CT molecular complexity index is 648. The fraction of sp³-hybridized carbons (Fsp3) is 0.471. The van der Waals surface area contributed by atoms with Crippen molar-refractivity contribution < 1.29 is 4.79 Å². The summed E-state index contributed by atoms with van der Waals surface area (Å²) in [5.74, 6) is 1.74. The van der Waals surface area contributed by atoms with Crippen molar-refractivity contribution in [1.29, 1.82) is 0 Å². The van der Waals surface area contributed by atoms with Gasteiger partial charge < -0.3 is 14.8 Å². The fourth-order valence-corrected chi connectivity index (χ4v) is 2.63. The number of nitrogens with zero attached hydrogens (tertiary/aromatic N) is 4. The number of amides is 1. The van der Waals surface area contributed by atoms with E-state index in [9.17, 15) is 4.79 Å². The van der Waals surface area contributed by atoms with E-state index in [1.165, 1.54) is 0 Å². The highest BCUT2D eigenvalue weighted by atomic mass is 16.2. The van der Waals surface area contributed by atoms with Crippen molar-refractivity contribution in [3.05, 3.63) is 42.1 Å². The lowest BCUT2D eigenvalue weighted by Gasteiger charge is -2.23. The highest BCUT2D eigenvalue weighted by Crippen LogP contribution is 2.17. The zero-order chi connectivity index (χ0) is 16.8. The van der Waals surface area contributed by atoms with Crippen LogP contribution in [0.3, 0.4) is 0 Å². The minimum absolute atomic E-state index is 0.0274. The van der Waals surface area contributed by atoms with Crippen molar-refractivity contribution in [2.24, 2.45) is 0 Å². The van der Waals surface area contributed by atoms with Gasteiger partial charge in [0.1, 0.15) is 17.7 Å². The second-order valence-corrected chi connectivity index (χ2v) is 5.43. The first-order valence-corrected chi connectivity index (χ1v) is 8.04. The molecule has 1 amide bonds. The molecule has 1 atom stereocenters. The number of aromatic nitrogens is 3. The summed E-state index contributed by atoms with van der Waals surface area (Å²) in [7, 11) is 0. The topological polar surface area (TPSA) is 63.1 Å². The Hall–Kier alpha value is -2.37. The van der Waals surface area contributed by atoms with E-state index in [1.807, 2.05) is 36.7 Å². The van der Waals surface area contributed by atoms with Crippen LogP contribution in [0.4, 0.5) is 5.82 Å². The van der Waals surface area contributed by atoms with E-state index in [1.54, 1.807) is 12.4 Å². The Morgan fingerprint density at radius 3 is 2.65 bits per heavy atom. The first-order chi connectivity index (χ1) is 11.1. The maximum absolute atomic E-state index is 12.4. The van der Waals surface area contributed by atoms with Gasteiger partial charge in [-0.25, -0.2) is 9.97 Å². The average molecular weight is 315 g/mol. The molecule has 0 aromatic carbocycles. The van der Waals surface area contributed by atoms with Crippen LogP contribution in [-0.2, 0) is 11.3 Å². The molecule has 6 nitrogen and oxygen atoms in total. The van der Waals surface area contributed by atoms with E-state index >= 15 is 0 Å². The first kappa shape index (κ1) is 17.0. The molecule has 2 aromatic heterocycles. The molecule has 23 heavy (non-hydrogen) atoms. The molecule has 1 N–H and O–H groups in total. The molecule has 2 rings (SSSR count). The average Bonchev–Trinajstić information content (AvgIpc) is 3.00. The van der Waals surface area contributed by atoms with E-state index in [4.69, 9.17) is 0 Å². The molecule has 0 fully saturated rings. The first-order valence-electron chi connectivity index (χ1n) is 8.04. The van der Waals surface area contributed by atoms with Crippen LogP contribution in [0.2, 0.25) is 0 Å². The van der Waals surface area contributed by atoms with Crippen LogP contribution in [0.1, 0.15) is 38.2 Å². The van der Waals surface area contributed by atoms with Gasteiger partial charge in [0.05, 0.1) is 0 Å². The quantitative estimate of drug-likeness (QED) is 0.851. The van der Waals surface area contributed by atoms with Gasteiger partial charge >= 0.3 is 0 Å². The molecule has 0 saturated heterocycles. The lowest BCUT2D eigenvalue weighted by Crippen LogP contribution is -2.32. The van der Waals surface area contributed by atoms with Gasteiger partial charge in [0.2, 0.25) is 5.91 Å². The molecular formula is C17H25N5O. The van der Waals surface area contributed by atoms with Crippen molar-refractivity contribution in [2.45, 2.75) is 40.3 Å². The number of pyridine rings is 1. The number of nitrogens with one attached hydrogen (secondary N) is 1. The second-order valence-electron chi connectivity index (χ2n) is 5.43. The zero-order valence-corrected chi connectivity index (χ0v) is 14.3. The summed E-state index contributed by atoms with van der Waals surface area (Å²) in [5.41, 5.74) is 1.03. The molecule has 0 aliphatic carbocycles. The lowest BCUT2D eigenvalue weighted by molar-refractivity contribution is -0.124. The summed E-state index contributed by atoms with van der Waals surface area (Å²) >= 11 is 0. The normalized spacial score (nSPS) is 12.0. The van der Waals surface area contributed by atoms with E-state index in [0.717, 1.165) is 30.3 Å². The number of hydrogen-bond donors (Lipinski definition) is 1. The fourth-order valence-electron chi connectivity index (χ4n) is 2.63. The molecular weight excluding hydrogens is 290 g/mol. The third-order valence-corrected chi connectivity index (χ3v) is 4.04. The number of rotatable bonds is 7. The van der Waals surface area contributed by atoms with Gasteiger partial charge in [-0.05, 0) is 33.8 Å².